The maximum atomic E-state index is 10.7. The minimum atomic E-state index is -0.541. The molecule has 172 valence electrons. The van der Waals surface area contributed by atoms with Crippen molar-refractivity contribution in [2.75, 3.05) is 0 Å². The zero-order valence-corrected chi connectivity index (χ0v) is 20.8. The van der Waals surface area contributed by atoms with Crippen molar-refractivity contribution in [2.45, 2.75) is 117 Å². The van der Waals surface area contributed by atoms with Crippen LogP contribution in [0.25, 0.3) is 0 Å². The third-order valence-electron chi connectivity index (χ3n) is 10.7. The predicted molar refractivity (Wildman–Crippen MR) is 125 cm³/mol. The van der Waals surface area contributed by atoms with E-state index >= 15 is 0 Å². The first-order valence-electron chi connectivity index (χ1n) is 12.9. The zero-order valence-electron chi connectivity index (χ0n) is 20.8. The molecule has 4 rings (SSSR count). The quantitative estimate of drug-likeness (QED) is 0.498. The summed E-state index contributed by atoms with van der Waals surface area (Å²) in [5, 5.41) is 21.0. The molecule has 2 nitrogen and oxygen atoms in total. The summed E-state index contributed by atoms with van der Waals surface area (Å²) >= 11 is 0. The maximum absolute atomic E-state index is 10.7. The van der Waals surface area contributed by atoms with Crippen LogP contribution in [0.15, 0.2) is 11.6 Å². The van der Waals surface area contributed by atoms with Crippen molar-refractivity contribution in [3.8, 4) is 0 Å². The van der Waals surface area contributed by atoms with E-state index in [9.17, 15) is 10.2 Å². The molecule has 0 aliphatic heterocycles. The van der Waals surface area contributed by atoms with Crippen molar-refractivity contribution < 1.29 is 10.2 Å². The highest BCUT2D eigenvalue weighted by Crippen LogP contribution is 2.68. The average molecular weight is 417 g/mol. The lowest BCUT2D eigenvalue weighted by Gasteiger charge is -2.60. The number of allylic oxidation sites excluding steroid dienone is 1. The topological polar surface area (TPSA) is 40.5 Å². The molecule has 3 saturated carbocycles. The minimum Gasteiger partial charge on any atom is -0.390 e. The van der Waals surface area contributed by atoms with Crippen molar-refractivity contribution in [1.29, 1.82) is 0 Å². The van der Waals surface area contributed by atoms with Gasteiger partial charge >= 0.3 is 0 Å². The molecular weight excluding hydrogens is 368 g/mol. The van der Waals surface area contributed by atoms with Crippen molar-refractivity contribution in [3.63, 3.8) is 0 Å². The van der Waals surface area contributed by atoms with Gasteiger partial charge in [-0.2, -0.15) is 0 Å². The number of fused-ring (bicyclic) bond motifs is 5. The first kappa shape index (κ1) is 22.8. The number of aliphatic hydroxyl groups is 2. The van der Waals surface area contributed by atoms with Gasteiger partial charge in [0.05, 0.1) is 11.2 Å². The van der Waals surface area contributed by atoms with Gasteiger partial charge in [-0.05, 0) is 125 Å². The molecule has 4 aliphatic rings. The number of hydrogen-bond acceptors (Lipinski definition) is 2. The fraction of sp³-hybridized carbons (Fsp3) is 0.929. The third kappa shape index (κ3) is 3.72. The highest BCUT2D eigenvalue weighted by atomic mass is 16.3. The third-order valence-corrected chi connectivity index (χ3v) is 10.7. The Balaban J connectivity index is 1.57. The summed E-state index contributed by atoms with van der Waals surface area (Å²) in [7, 11) is 0. The van der Waals surface area contributed by atoms with Crippen LogP contribution in [0.4, 0.5) is 0 Å². The second kappa shape index (κ2) is 7.34. The number of rotatable bonds is 4. The highest BCUT2D eigenvalue weighted by Gasteiger charge is 2.61. The lowest BCUT2D eigenvalue weighted by atomic mass is 9.44. The van der Waals surface area contributed by atoms with Crippen LogP contribution >= 0.6 is 0 Å². The summed E-state index contributed by atoms with van der Waals surface area (Å²) in [6.07, 6.45) is 13.2. The molecule has 0 aromatic rings. The van der Waals surface area contributed by atoms with Gasteiger partial charge in [0.1, 0.15) is 0 Å². The Morgan fingerprint density at radius 2 is 1.77 bits per heavy atom. The van der Waals surface area contributed by atoms with Crippen LogP contribution in [0.3, 0.4) is 0 Å². The van der Waals surface area contributed by atoms with Crippen LogP contribution in [0.2, 0.25) is 0 Å². The molecular formula is C28H48O2. The SMILES string of the molecule is C[C@@H]1C=C2C[C@@](C)(O)CC[C@]2(C)[C@H]2CC[C@]3(C)[C@@H]([C@H](C)CCC(C)(C)O)CC[C@H]3[C@H]12. The van der Waals surface area contributed by atoms with E-state index in [1.54, 1.807) is 5.57 Å². The van der Waals surface area contributed by atoms with Crippen LogP contribution < -0.4 is 0 Å². The summed E-state index contributed by atoms with van der Waals surface area (Å²) in [6, 6.07) is 0. The van der Waals surface area contributed by atoms with Crippen molar-refractivity contribution >= 4 is 0 Å². The molecule has 0 radical (unpaired) electrons. The van der Waals surface area contributed by atoms with Gasteiger partial charge < -0.3 is 10.2 Å². The van der Waals surface area contributed by atoms with Crippen LogP contribution in [0.1, 0.15) is 106 Å². The van der Waals surface area contributed by atoms with Crippen LogP contribution in [-0.4, -0.2) is 21.4 Å². The molecule has 0 unspecified atom stereocenters. The van der Waals surface area contributed by atoms with Gasteiger partial charge in [-0.15, -0.1) is 0 Å². The molecule has 0 saturated heterocycles. The maximum Gasteiger partial charge on any atom is 0.0657 e. The van der Waals surface area contributed by atoms with Gasteiger partial charge in [-0.1, -0.05) is 39.3 Å². The molecule has 0 spiro atoms. The Morgan fingerprint density at radius 1 is 1.07 bits per heavy atom. The van der Waals surface area contributed by atoms with Crippen LogP contribution in [0, 0.1) is 46.3 Å². The first-order chi connectivity index (χ1) is 13.8. The van der Waals surface area contributed by atoms with E-state index in [1.807, 2.05) is 20.8 Å². The Morgan fingerprint density at radius 3 is 2.43 bits per heavy atom. The molecule has 3 fully saturated rings. The molecule has 0 bridgehead atoms. The first-order valence-corrected chi connectivity index (χ1v) is 12.9. The Labute approximate surface area is 185 Å². The monoisotopic (exact) mass is 416 g/mol. The van der Waals surface area contributed by atoms with Crippen LogP contribution in [0.5, 0.6) is 0 Å². The molecule has 0 amide bonds. The van der Waals surface area contributed by atoms with Gasteiger partial charge in [-0.3, -0.25) is 0 Å². The van der Waals surface area contributed by atoms with E-state index < -0.39 is 11.2 Å². The molecule has 30 heavy (non-hydrogen) atoms. The number of hydrogen-bond donors (Lipinski definition) is 2. The van der Waals surface area contributed by atoms with Gasteiger partial charge in [0, 0.05) is 0 Å². The zero-order chi connectivity index (χ0) is 22.1. The fourth-order valence-corrected chi connectivity index (χ4v) is 8.92. The Bertz CT molecular complexity index is 685. The summed E-state index contributed by atoms with van der Waals surface area (Å²) < 4.78 is 0. The predicted octanol–water partition coefficient (Wildman–Crippen LogP) is 6.75. The van der Waals surface area contributed by atoms with Crippen molar-refractivity contribution in [3.05, 3.63) is 11.6 Å². The average Bonchev–Trinajstić information content (AvgIpc) is 2.97. The van der Waals surface area contributed by atoms with Gasteiger partial charge in [0.25, 0.3) is 0 Å². The lowest BCUT2D eigenvalue weighted by Crippen LogP contribution is -2.54. The van der Waals surface area contributed by atoms with E-state index in [1.165, 1.54) is 25.7 Å². The molecule has 2 heteroatoms. The fourth-order valence-electron chi connectivity index (χ4n) is 8.92. The summed E-state index contributed by atoms with van der Waals surface area (Å²) in [4.78, 5) is 0. The Kier molecular flexibility index (Phi) is 5.59. The second-order valence-corrected chi connectivity index (χ2v) is 13.5. The van der Waals surface area contributed by atoms with Crippen molar-refractivity contribution in [1.82, 2.24) is 0 Å². The standard InChI is InChI=1S/C28H48O2/c1-18(10-12-25(3,4)29)21-8-9-22-24-19(2)16-20-17-26(5,30)14-15-27(20,6)23(24)11-13-28(21,22)7/h16,18-19,21-24,29-30H,8-15,17H2,1-7H3/t18-,19-,21-,22+,23+,24+,26+,27+,28-/m1/s1. The molecule has 0 aromatic heterocycles. The summed E-state index contributed by atoms with van der Waals surface area (Å²) in [5.74, 6) is 4.61. The molecule has 0 heterocycles. The van der Waals surface area contributed by atoms with E-state index in [2.05, 4.69) is 33.8 Å². The van der Waals surface area contributed by atoms with E-state index in [0.717, 1.165) is 55.8 Å². The molecule has 2 N–H and O–H groups in total. The van der Waals surface area contributed by atoms with Gasteiger partial charge in [0.15, 0.2) is 0 Å². The van der Waals surface area contributed by atoms with Crippen molar-refractivity contribution in [2.24, 2.45) is 46.3 Å². The van der Waals surface area contributed by atoms with E-state index in [-0.39, 0.29) is 0 Å². The second-order valence-electron chi connectivity index (χ2n) is 13.5. The normalized spacial score (nSPS) is 49.6. The van der Waals surface area contributed by atoms with E-state index in [0.29, 0.717) is 22.7 Å². The highest BCUT2D eigenvalue weighted by molar-refractivity contribution is 5.28. The molecule has 0 aromatic carbocycles. The largest absolute Gasteiger partial charge is 0.390 e. The minimum absolute atomic E-state index is 0.311. The summed E-state index contributed by atoms with van der Waals surface area (Å²) in [5.41, 5.74) is 1.31. The van der Waals surface area contributed by atoms with Crippen LogP contribution in [-0.2, 0) is 0 Å². The Hall–Kier alpha value is -0.340. The summed E-state index contributed by atoms with van der Waals surface area (Å²) in [6.45, 7) is 16.1. The smallest absolute Gasteiger partial charge is 0.0657 e. The molecule has 4 aliphatic carbocycles. The molecule has 9 atom stereocenters. The van der Waals surface area contributed by atoms with Gasteiger partial charge in [-0.25, -0.2) is 0 Å². The van der Waals surface area contributed by atoms with E-state index in [4.69, 9.17) is 0 Å². The van der Waals surface area contributed by atoms with Gasteiger partial charge in [0.2, 0.25) is 0 Å². The lowest BCUT2D eigenvalue weighted by molar-refractivity contribution is -0.0846.